The molecule has 0 aliphatic carbocycles. The standard InChI is InChI=1S/C15H20O2/c1-6-8-17-14-9-10(3)15(13(16)7-2)12(5)11(14)4/h7,9H,2,6,8H2,1,3-5H3. The molecular formula is C15H20O2. The van der Waals surface area contributed by atoms with Crippen LogP contribution in [-0.2, 0) is 0 Å². The minimum Gasteiger partial charge on any atom is -0.493 e. The smallest absolute Gasteiger partial charge is 0.185 e. The van der Waals surface area contributed by atoms with Crippen LogP contribution < -0.4 is 4.74 Å². The summed E-state index contributed by atoms with van der Waals surface area (Å²) in [4.78, 5) is 11.8. The summed E-state index contributed by atoms with van der Waals surface area (Å²) in [5, 5.41) is 0. The SMILES string of the molecule is C=CC(=O)c1c(C)cc(OCCC)c(C)c1C. The molecule has 0 fully saturated rings. The van der Waals surface area contributed by atoms with Crippen LogP contribution in [0, 0.1) is 20.8 Å². The van der Waals surface area contributed by atoms with Crippen molar-refractivity contribution in [2.24, 2.45) is 0 Å². The van der Waals surface area contributed by atoms with E-state index >= 15 is 0 Å². The summed E-state index contributed by atoms with van der Waals surface area (Å²) in [5.74, 6) is 0.854. The number of benzene rings is 1. The number of carbonyl (C=O) groups is 1. The third-order valence-corrected chi connectivity index (χ3v) is 2.94. The lowest BCUT2D eigenvalue weighted by Gasteiger charge is -2.15. The molecule has 0 aromatic heterocycles. The Morgan fingerprint density at radius 1 is 1.35 bits per heavy atom. The molecule has 0 saturated carbocycles. The molecule has 1 aromatic rings. The highest BCUT2D eigenvalue weighted by Crippen LogP contribution is 2.28. The monoisotopic (exact) mass is 232 g/mol. The van der Waals surface area contributed by atoms with Crippen molar-refractivity contribution in [1.82, 2.24) is 0 Å². The Kier molecular flexibility index (Phi) is 4.50. The van der Waals surface area contributed by atoms with E-state index in [0.717, 1.165) is 34.4 Å². The van der Waals surface area contributed by atoms with Gasteiger partial charge in [0.15, 0.2) is 5.78 Å². The second kappa shape index (κ2) is 5.67. The van der Waals surface area contributed by atoms with Gasteiger partial charge in [0, 0.05) is 5.56 Å². The van der Waals surface area contributed by atoms with Gasteiger partial charge in [0.1, 0.15) is 5.75 Å². The van der Waals surface area contributed by atoms with Crippen molar-refractivity contribution in [3.63, 3.8) is 0 Å². The van der Waals surface area contributed by atoms with Crippen LogP contribution in [0.3, 0.4) is 0 Å². The van der Waals surface area contributed by atoms with E-state index in [1.54, 1.807) is 0 Å². The number of allylic oxidation sites excluding steroid dienone is 1. The van der Waals surface area contributed by atoms with Crippen LogP contribution in [0.2, 0.25) is 0 Å². The predicted octanol–water partition coefficient (Wildman–Crippen LogP) is 3.77. The minimum absolute atomic E-state index is 0.0230. The van der Waals surface area contributed by atoms with Crippen LogP contribution in [0.5, 0.6) is 5.75 Å². The van der Waals surface area contributed by atoms with Gasteiger partial charge in [0.05, 0.1) is 6.61 Å². The molecule has 0 aliphatic rings. The largest absolute Gasteiger partial charge is 0.493 e. The normalized spacial score (nSPS) is 10.1. The van der Waals surface area contributed by atoms with Crippen LogP contribution in [0.1, 0.15) is 40.4 Å². The number of ketones is 1. The van der Waals surface area contributed by atoms with Gasteiger partial charge in [-0.25, -0.2) is 0 Å². The summed E-state index contributed by atoms with van der Waals surface area (Å²) in [6, 6.07) is 1.94. The van der Waals surface area contributed by atoms with Crippen molar-refractivity contribution in [3.8, 4) is 5.75 Å². The first kappa shape index (κ1) is 13.5. The molecule has 0 heterocycles. The van der Waals surface area contributed by atoms with E-state index in [9.17, 15) is 4.79 Å². The van der Waals surface area contributed by atoms with Crippen molar-refractivity contribution in [2.75, 3.05) is 6.61 Å². The predicted molar refractivity (Wildman–Crippen MR) is 71.0 cm³/mol. The van der Waals surface area contributed by atoms with E-state index in [1.165, 1.54) is 6.08 Å². The van der Waals surface area contributed by atoms with Gasteiger partial charge in [-0.05, 0) is 56.0 Å². The van der Waals surface area contributed by atoms with Gasteiger partial charge < -0.3 is 4.74 Å². The fraction of sp³-hybridized carbons (Fsp3) is 0.400. The van der Waals surface area contributed by atoms with E-state index in [1.807, 2.05) is 26.8 Å². The van der Waals surface area contributed by atoms with Gasteiger partial charge in [-0.1, -0.05) is 13.5 Å². The summed E-state index contributed by atoms with van der Waals surface area (Å²) in [7, 11) is 0. The Morgan fingerprint density at radius 2 is 2.00 bits per heavy atom. The second-order valence-electron chi connectivity index (χ2n) is 4.23. The average Bonchev–Trinajstić information content (AvgIpc) is 2.31. The Hall–Kier alpha value is -1.57. The number of hydrogen-bond acceptors (Lipinski definition) is 2. The summed E-state index contributed by atoms with van der Waals surface area (Å²) in [6.07, 6.45) is 2.34. The number of rotatable bonds is 5. The summed E-state index contributed by atoms with van der Waals surface area (Å²) in [6.45, 7) is 12.2. The summed E-state index contributed by atoms with van der Waals surface area (Å²) >= 11 is 0. The zero-order chi connectivity index (χ0) is 13.0. The summed E-state index contributed by atoms with van der Waals surface area (Å²) < 4.78 is 5.68. The maximum atomic E-state index is 11.8. The summed E-state index contributed by atoms with van der Waals surface area (Å²) in [5.41, 5.74) is 3.72. The zero-order valence-electron chi connectivity index (χ0n) is 11.1. The zero-order valence-corrected chi connectivity index (χ0v) is 11.1. The molecular weight excluding hydrogens is 212 g/mol. The first-order valence-corrected chi connectivity index (χ1v) is 5.93. The van der Waals surface area contributed by atoms with Gasteiger partial charge in [-0.2, -0.15) is 0 Å². The van der Waals surface area contributed by atoms with Crippen molar-refractivity contribution in [2.45, 2.75) is 34.1 Å². The van der Waals surface area contributed by atoms with E-state index < -0.39 is 0 Å². The molecule has 0 N–H and O–H groups in total. The van der Waals surface area contributed by atoms with Crippen molar-refractivity contribution >= 4 is 5.78 Å². The molecule has 92 valence electrons. The lowest BCUT2D eigenvalue weighted by molar-refractivity contribution is 0.104. The fourth-order valence-electron chi connectivity index (χ4n) is 1.89. The number of aryl methyl sites for hydroxylation is 1. The van der Waals surface area contributed by atoms with Gasteiger partial charge in [-0.15, -0.1) is 0 Å². The van der Waals surface area contributed by atoms with Crippen molar-refractivity contribution < 1.29 is 9.53 Å². The minimum atomic E-state index is -0.0230. The second-order valence-corrected chi connectivity index (χ2v) is 4.23. The Balaban J connectivity index is 3.26. The van der Waals surface area contributed by atoms with Crippen LogP contribution in [0.25, 0.3) is 0 Å². The maximum absolute atomic E-state index is 11.8. The number of ether oxygens (including phenoxy) is 1. The Morgan fingerprint density at radius 3 is 2.53 bits per heavy atom. The number of carbonyl (C=O) groups excluding carboxylic acids is 1. The van der Waals surface area contributed by atoms with Crippen LogP contribution >= 0.6 is 0 Å². The molecule has 17 heavy (non-hydrogen) atoms. The van der Waals surface area contributed by atoms with E-state index in [4.69, 9.17) is 4.74 Å². The molecule has 0 bridgehead atoms. The molecule has 0 saturated heterocycles. The molecule has 1 aromatic carbocycles. The van der Waals surface area contributed by atoms with E-state index in [2.05, 4.69) is 13.5 Å². The molecule has 0 aliphatic heterocycles. The van der Waals surface area contributed by atoms with Crippen molar-refractivity contribution in [3.05, 3.63) is 41.0 Å². The van der Waals surface area contributed by atoms with Gasteiger partial charge >= 0.3 is 0 Å². The Labute approximate surface area is 103 Å². The highest BCUT2D eigenvalue weighted by Gasteiger charge is 2.14. The van der Waals surface area contributed by atoms with Gasteiger partial charge in [-0.3, -0.25) is 4.79 Å². The maximum Gasteiger partial charge on any atom is 0.185 e. The van der Waals surface area contributed by atoms with Crippen molar-refractivity contribution in [1.29, 1.82) is 0 Å². The third kappa shape index (κ3) is 2.76. The molecule has 0 unspecified atom stereocenters. The van der Waals surface area contributed by atoms with Gasteiger partial charge in [0.2, 0.25) is 0 Å². The first-order valence-electron chi connectivity index (χ1n) is 5.93. The number of hydrogen-bond donors (Lipinski definition) is 0. The first-order chi connectivity index (χ1) is 8.02. The topological polar surface area (TPSA) is 26.3 Å². The quantitative estimate of drug-likeness (QED) is 0.570. The van der Waals surface area contributed by atoms with Gasteiger partial charge in [0.25, 0.3) is 0 Å². The molecule has 0 spiro atoms. The Bertz CT molecular complexity index is 445. The lowest BCUT2D eigenvalue weighted by atomic mass is 9.94. The van der Waals surface area contributed by atoms with E-state index in [-0.39, 0.29) is 5.78 Å². The fourth-order valence-corrected chi connectivity index (χ4v) is 1.89. The molecule has 2 nitrogen and oxygen atoms in total. The third-order valence-electron chi connectivity index (χ3n) is 2.94. The molecule has 0 atom stereocenters. The van der Waals surface area contributed by atoms with Crippen LogP contribution in [0.15, 0.2) is 18.7 Å². The molecule has 1 rings (SSSR count). The van der Waals surface area contributed by atoms with Crippen LogP contribution in [0.4, 0.5) is 0 Å². The lowest BCUT2D eigenvalue weighted by Crippen LogP contribution is -2.06. The highest BCUT2D eigenvalue weighted by atomic mass is 16.5. The highest BCUT2D eigenvalue weighted by molar-refractivity contribution is 6.06. The average molecular weight is 232 g/mol. The molecule has 2 heteroatoms. The molecule has 0 amide bonds. The van der Waals surface area contributed by atoms with E-state index in [0.29, 0.717) is 6.61 Å². The molecule has 0 radical (unpaired) electrons. The van der Waals surface area contributed by atoms with Crippen LogP contribution in [-0.4, -0.2) is 12.4 Å².